The molecule has 0 spiro atoms. The average Bonchev–Trinajstić information content (AvgIpc) is 2.76. The van der Waals surface area contributed by atoms with Crippen molar-refractivity contribution in [3.63, 3.8) is 0 Å². The minimum Gasteiger partial charge on any atom is -0.488 e. The van der Waals surface area contributed by atoms with Crippen LogP contribution >= 0.6 is 0 Å². The highest BCUT2D eigenvalue weighted by atomic mass is 16.5. The van der Waals surface area contributed by atoms with Crippen LogP contribution in [0.25, 0.3) is 0 Å². The van der Waals surface area contributed by atoms with Gasteiger partial charge in [-0.25, -0.2) is 0 Å². The summed E-state index contributed by atoms with van der Waals surface area (Å²) in [5.41, 5.74) is 2.81. The molecular weight excluding hydrogens is 348 g/mol. The van der Waals surface area contributed by atoms with Crippen LogP contribution in [0, 0.1) is 0 Å². The van der Waals surface area contributed by atoms with Crippen molar-refractivity contribution in [2.75, 3.05) is 25.0 Å². The van der Waals surface area contributed by atoms with E-state index in [0.29, 0.717) is 24.5 Å². The van der Waals surface area contributed by atoms with Gasteiger partial charge in [-0.15, -0.1) is 0 Å². The van der Waals surface area contributed by atoms with Gasteiger partial charge in [0, 0.05) is 25.8 Å². The third-order valence-electron chi connectivity index (χ3n) is 4.52. The van der Waals surface area contributed by atoms with E-state index in [9.17, 15) is 4.79 Å². The molecule has 28 heavy (non-hydrogen) atoms. The summed E-state index contributed by atoms with van der Waals surface area (Å²) in [6.45, 7) is 1.92. The maximum Gasteiger partial charge on any atom is 0.255 e. The summed E-state index contributed by atoms with van der Waals surface area (Å²) in [6.07, 6.45) is 0.865. The largest absolute Gasteiger partial charge is 0.488 e. The maximum absolute atomic E-state index is 12.6. The molecule has 0 atom stereocenters. The zero-order chi connectivity index (χ0) is 19.6. The van der Waals surface area contributed by atoms with Gasteiger partial charge in [0.15, 0.2) is 0 Å². The van der Waals surface area contributed by atoms with Crippen LogP contribution in [0.15, 0.2) is 84.9 Å². The summed E-state index contributed by atoms with van der Waals surface area (Å²) >= 11 is 0. The van der Waals surface area contributed by atoms with Gasteiger partial charge in [-0.1, -0.05) is 60.7 Å². The molecule has 0 unspecified atom stereocenters. The second-order valence-corrected chi connectivity index (χ2v) is 6.64. The van der Waals surface area contributed by atoms with Gasteiger partial charge in [-0.2, -0.15) is 0 Å². The topological polar surface area (TPSA) is 41.6 Å². The lowest BCUT2D eigenvalue weighted by Crippen LogP contribution is -2.28. The summed E-state index contributed by atoms with van der Waals surface area (Å²) in [5.74, 6) is 0.497. The van der Waals surface area contributed by atoms with Crippen molar-refractivity contribution in [1.29, 1.82) is 0 Å². The highest BCUT2D eigenvalue weighted by molar-refractivity contribution is 5.96. The predicted molar refractivity (Wildman–Crippen MR) is 114 cm³/mol. The summed E-state index contributed by atoms with van der Waals surface area (Å²) in [7, 11) is 2.06. The van der Waals surface area contributed by atoms with Crippen LogP contribution in [-0.2, 0) is 6.61 Å². The predicted octanol–water partition coefficient (Wildman–Crippen LogP) is 4.52. The SMILES string of the molecule is CN(CCCNC(=O)c1ccccc1OCc1ccccc1)c1ccccc1. The standard InChI is InChI=1S/C24H26N2O2/c1-26(21-13-6-3-7-14-21)18-10-17-25-24(27)22-15-8-9-16-23(22)28-19-20-11-4-2-5-12-20/h2-9,11-16H,10,17-19H2,1H3,(H,25,27). The van der Waals surface area contributed by atoms with Crippen LogP contribution in [0.2, 0.25) is 0 Å². The Kier molecular flexibility index (Phi) is 7.08. The lowest BCUT2D eigenvalue weighted by atomic mass is 10.2. The first kappa shape index (κ1) is 19.5. The van der Waals surface area contributed by atoms with Gasteiger partial charge in [-0.05, 0) is 36.2 Å². The third-order valence-corrected chi connectivity index (χ3v) is 4.52. The first-order valence-electron chi connectivity index (χ1n) is 9.54. The number of hydrogen-bond donors (Lipinski definition) is 1. The Hall–Kier alpha value is -3.27. The van der Waals surface area contributed by atoms with Crippen molar-refractivity contribution in [3.8, 4) is 5.75 Å². The van der Waals surface area contributed by atoms with Crippen LogP contribution in [0.4, 0.5) is 5.69 Å². The molecule has 0 aromatic heterocycles. The highest BCUT2D eigenvalue weighted by Crippen LogP contribution is 2.19. The van der Waals surface area contributed by atoms with E-state index >= 15 is 0 Å². The van der Waals surface area contributed by atoms with E-state index < -0.39 is 0 Å². The molecular formula is C24H26N2O2. The summed E-state index contributed by atoms with van der Waals surface area (Å²) in [5, 5.41) is 3.00. The van der Waals surface area contributed by atoms with Crippen LogP contribution in [-0.4, -0.2) is 26.0 Å². The summed E-state index contributed by atoms with van der Waals surface area (Å²) in [4.78, 5) is 14.8. The highest BCUT2D eigenvalue weighted by Gasteiger charge is 2.12. The number of para-hydroxylation sites is 2. The molecule has 4 nitrogen and oxygen atoms in total. The van der Waals surface area contributed by atoms with Gasteiger partial charge in [0.25, 0.3) is 5.91 Å². The Balaban J connectivity index is 1.49. The zero-order valence-electron chi connectivity index (χ0n) is 16.2. The molecule has 4 heteroatoms. The van der Waals surface area contributed by atoms with Crippen LogP contribution in [0.3, 0.4) is 0 Å². The van der Waals surface area contributed by atoms with Gasteiger partial charge in [-0.3, -0.25) is 4.79 Å². The molecule has 1 N–H and O–H groups in total. The van der Waals surface area contributed by atoms with Crippen molar-refractivity contribution in [2.24, 2.45) is 0 Å². The molecule has 3 aromatic rings. The maximum atomic E-state index is 12.6. The average molecular weight is 374 g/mol. The Morgan fingerprint density at radius 2 is 1.54 bits per heavy atom. The lowest BCUT2D eigenvalue weighted by Gasteiger charge is -2.19. The zero-order valence-corrected chi connectivity index (χ0v) is 16.2. The van der Waals surface area contributed by atoms with Crippen molar-refractivity contribution < 1.29 is 9.53 Å². The Bertz CT molecular complexity index is 866. The molecule has 0 bridgehead atoms. The van der Waals surface area contributed by atoms with Gasteiger partial charge in [0.05, 0.1) is 5.56 Å². The lowest BCUT2D eigenvalue weighted by molar-refractivity contribution is 0.0949. The number of hydrogen-bond acceptors (Lipinski definition) is 3. The fourth-order valence-electron chi connectivity index (χ4n) is 2.94. The molecule has 0 radical (unpaired) electrons. The Morgan fingerprint density at radius 3 is 2.29 bits per heavy atom. The molecule has 0 aliphatic rings. The second-order valence-electron chi connectivity index (χ2n) is 6.64. The molecule has 0 aliphatic heterocycles. The second kappa shape index (κ2) is 10.2. The number of carbonyl (C=O) groups excluding carboxylic acids is 1. The van der Waals surface area contributed by atoms with Gasteiger partial charge in [0.2, 0.25) is 0 Å². The van der Waals surface area contributed by atoms with E-state index in [-0.39, 0.29) is 5.91 Å². The first-order valence-corrected chi connectivity index (χ1v) is 9.54. The summed E-state index contributed by atoms with van der Waals surface area (Å²) < 4.78 is 5.88. The van der Waals surface area contributed by atoms with E-state index in [4.69, 9.17) is 4.74 Å². The molecule has 1 amide bonds. The van der Waals surface area contributed by atoms with Gasteiger partial charge in [0.1, 0.15) is 12.4 Å². The molecule has 0 aliphatic carbocycles. The van der Waals surface area contributed by atoms with Crippen molar-refractivity contribution in [3.05, 3.63) is 96.1 Å². The molecule has 0 heterocycles. The van der Waals surface area contributed by atoms with E-state index in [1.807, 2.05) is 66.7 Å². The number of ether oxygens (including phenoxy) is 1. The number of nitrogens with one attached hydrogen (secondary N) is 1. The molecule has 0 saturated heterocycles. The number of carbonyl (C=O) groups is 1. The molecule has 0 fully saturated rings. The van der Waals surface area contributed by atoms with Crippen LogP contribution in [0.5, 0.6) is 5.75 Å². The first-order chi connectivity index (χ1) is 13.7. The third kappa shape index (κ3) is 5.61. The minimum atomic E-state index is -0.106. The minimum absolute atomic E-state index is 0.106. The smallest absolute Gasteiger partial charge is 0.255 e. The normalized spacial score (nSPS) is 10.3. The van der Waals surface area contributed by atoms with E-state index in [1.54, 1.807) is 6.07 Å². The fourth-order valence-corrected chi connectivity index (χ4v) is 2.94. The number of anilines is 1. The number of benzene rings is 3. The summed E-state index contributed by atoms with van der Waals surface area (Å²) in [6, 6.07) is 27.5. The van der Waals surface area contributed by atoms with E-state index in [2.05, 4.69) is 29.4 Å². The molecule has 0 saturated carbocycles. The van der Waals surface area contributed by atoms with Gasteiger partial charge >= 0.3 is 0 Å². The van der Waals surface area contributed by atoms with Crippen molar-refractivity contribution in [1.82, 2.24) is 5.32 Å². The fraction of sp³-hybridized carbons (Fsp3) is 0.208. The molecule has 3 aromatic carbocycles. The van der Waals surface area contributed by atoms with Gasteiger partial charge < -0.3 is 15.0 Å². The quantitative estimate of drug-likeness (QED) is 0.560. The molecule has 144 valence electrons. The van der Waals surface area contributed by atoms with Crippen LogP contribution < -0.4 is 15.0 Å². The number of rotatable bonds is 9. The van der Waals surface area contributed by atoms with Crippen LogP contribution in [0.1, 0.15) is 22.3 Å². The van der Waals surface area contributed by atoms with Crippen molar-refractivity contribution in [2.45, 2.75) is 13.0 Å². The number of amides is 1. The number of nitrogens with zero attached hydrogens (tertiary/aromatic N) is 1. The van der Waals surface area contributed by atoms with Crippen molar-refractivity contribution >= 4 is 11.6 Å². The Labute approximate surface area is 166 Å². The van der Waals surface area contributed by atoms with E-state index in [0.717, 1.165) is 18.5 Å². The Morgan fingerprint density at radius 1 is 0.893 bits per heavy atom. The molecule has 3 rings (SSSR count). The van der Waals surface area contributed by atoms with E-state index in [1.165, 1.54) is 5.69 Å². The monoisotopic (exact) mass is 374 g/mol.